The number of rotatable bonds is 3. The third-order valence-corrected chi connectivity index (χ3v) is 6.71. The van der Waals surface area contributed by atoms with Crippen LogP contribution < -0.4 is 0 Å². The molecule has 3 heterocycles. The van der Waals surface area contributed by atoms with Crippen molar-refractivity contribution in [1.82, 2.24) is 23.8 Å². The molecule has 1 aliphatic heterocycles. The Morgan fingerprint density at radius 2 is 1.93 bits per heavy atom. The molecule has 0 bridgehead atoms. The predicted octanol–water partition coefficient (Wildman–Crippen LogP) is 2.99. The summed E-state index contributed by atoms with van der Waals surface area (Å²) in [6.07, 6.45) is 0. The molecule has 0 fully saturated rings. The molecule has 12 heteroatoms. The minimum absolute atomic E-state index is 0.300. The summed E-state index contributed by atoms with van der Waals surface area (Å²) in [5, 5.41) is 0.173. The molecule has 0 saturated carbocycles. The maximum atomic E-state index is 13.2. The lowest BCUT2D eigenvalue weighted by Crippen LogP contribution is -2.41. The number of carbonyl (C=O) groups is 1. The van der Waals surface area contributed by atoms with Crippen LogP contribution in [-0.2, 0) is 15.6 Å². The van der Waals surface area contributed by atoms with Crippen LogP contribution in [0.25, 0.3) is 10.8 Å². The number of aryl methyl sites for hydroxylation is 1. The van der Waals surface area contributed by atoms with E-state index < -0.39 is 20.9 Å². The van der Waals surface area contributed by atoms with Crippen LogP contribution >= 0.6 is 22.2 Å². The third-order valence-electron chi connectivity index (χ3n) is 4.70. The maximum absolute atomic E-state index is 13.2. The summed E-state index contributed by atoms with van der Waals surface area (Å²) in [5.41, 5.74) is 0.617. The van der Waals surface area contributed by atoms with Crippen LogP contribution in [0.2, 0.25) is 0 Å². The number of amides is 1. The number of hydrogen-bond acceptors (Lipinski definition) is 7. The molecule has 8 nitrogen and oxygen atoms in total. The summed E-state index contributed by atoms with van der Waals surface area (Å²) in [5.74, 6) is 0.121. The van der Waals surface area contributed by atoms with E-state index in [1.165, 1.54) is 29.2 Å². The standard InChI is InChI=1S/C17H15ClFN5O3S2/c1-9-13-16(29(18,26)27)21-14(15-20-10(2)22-28-15)24(13)8-7-23(9)17(25)11-3-5-12(19)6-4-11/h3-6,9H,7-8H2,1-2H3. The first-order chi connectivity index (χ1) is 13.7. The molecule has 0 aliphatic carbocycles. The van der Waals surface area contributed by atoms with E-state index in [1.54, 1.807) is 18.4 Å². The zero-order chi connectivity index (χ0) is 20.9. The van der Waals surface area contributed by atoms with Gasteiger partial charge in [0.2, 0.25) is 0 Å². The highest BCUT2D eigenvalue weighted by atomic mass is 35.7. The van der Waals surface area contributed by atoms with Gasteiger partial charge in [0.05, 0.1) is 11.7 Å². The molecule has 1 aromatic carbocycles. The van der Waals surface area contributed by atoms with Gasteiger partial charge in [0.1, 0.15) is 11.6 Å². The van der Waals surface area contributed by atoms with Gasteiger partial charge in [0, 0.05) is 29.3 Å². The van der Waals surface area contributed by atoms with E-state index in [4.69, 9.17) is 10.7 Å². The molecule has 29 heavy (non-hydrogen) atoms. The van der Waals surface area contributed by atoms with Crippen molar-refractivity contribution in [3.05, 3.63) is 47.2 Å². The Balaban J connectivity index is 1.80. The minimum atomic E-state index is -4.17. The highest BCUT2D eigenvalue weighted by Gasteiger charge is 2.37. The van der Waals surface area contributed by atoms with Gasteiger partial charge in [-0.05, 0) is 49.6 Å². The van der Waals surface area contributed by atoms with E-state index in [0.29, 0.717) is 41.0 Å². The summed E-state index contributed by atoms with van der Waals surface area (Å²) in [6, 6.07) is 4.57. The van der Waals surface area contributed by atoms with Crippen LogP contribution in [0.15, 0.2) is 29.3 Å². The number of benzene rings is 1. The summed E-state index contributed by atoms with van der Waals surface area (Å²) >= 11 is 1.11. The summed E-state index contributed by atoms with van der Waals surface area (Å²) in [7, 11) is 1.48. The highest BCUT2D eigenvalue weighted by molar-refractivity contribution is 8.13. The highest BCUT2D eigenvalue weighted by Crippen LogP contribution is 2.37. The van der Waals surface area contributed by atoms with E-state index in [1.807, 2.05) is 0 Å². The lowest BCUT2D eigenvalue weighted by Gasteiger charge is -2.35. The number of carbonyl (C=O) groups excluding carboxylic acids is 1. The molecule has 2 aromatic heterocycles. The molecule has 0 N–H and O–H groups in total. The van der Waals surface area contributed by atoms with Crippen LogP contribution in [0.4, 0.5) is 4.39 Å². The monoisotopic (exact) mass is 455 g/mol. The Kier molecular flexibility index (Phi) is 4.91. The fourth-order valence-electron chi connectivity index (χ4n) is 3.39. The Morgan fingerprint density at radius 3 is 2.52 bits per heavy atom. The topological polar surface area (TPSA) is 98.0 Å². The van der Waals surface area contributed by atoms with Gasteiger partial charge in [0.15, 0.2) is 15.9 Å². The summed E-state index contributed by atoms with van der Waals surface area (Å²) in [4.78, 5) is 23.0. The molecule has 0 saturated heterocycles. The van der Waals surface area contributed by atoms with Crippen LogP contribution in [0.1, 0.15) is 34.8 Å². The number of aromatic nitrogens is 4. The molecular formula is C17H15ClFN5O3S2. The number of fused-ring (bicyclic) bond motifs is 1. The number of nitrogens with zero attached hydrogens (tertiary/aromatic N) is 5. The van der Waals surface area contributed by atoms with Crippen LogP contribution in [0.5, 0.6) is 0 Å². The number of imidazole rings is 1. The second-order valence-corrected chi connectivity index (χ2v) is 9.78. The van der Waals surface area contributed by atoms with Crippen molar-refractivity contribution in [3.8, 4) is 10.8 Å². The van der Waals surface area contributed by atoms with E-state index in [2.05, 4.69) is 14.3 Å². The van der Waals surface area contributed by atoms with Crippen molar-refractivity contribution in [1.29, 1.82) is 0 Å². The molecule has 1 atom stereocenters. The third kappa shape index (κ3) is 3.53. The van der Waals surface area contributed by atoms with Crippen molar-refractivity contribution < 1.29 is 17.6 Å². The van der Waals surface area contributed by atoms with Crippen molar-refractivity contribution in [2.75, 3.05) is 6.54 Å². The molecular weight excluding hydrogens is 441 g/mol. The normalized spacial score (nSPS) is 16.7. The number of hydrogen-bond donors (Lipinski definition) is 0. The molecule has 1 aliphatic rings. The van der Waals surface area contributed by atoms with Gasteiger partial charge in [0.25, 0.3) is 15.0 Å². The van der Waals surface area contributed by atoms with Gasteiger partial charge in [-0.1, -0.05) is 0 Å². The number of halogens is 2. The first-order valence-corrected chi connectivity index (χ1v) is 11.7. The van der Waals surface area contributed by atoms with Gasteiger partial charge < -0.3 is 9.47 Å². The van der Waals surface area contributed by atoms with E-state index >= 15 is 0 Å². The smallest absolute Gasteiger partial charge is 0.280 e. The second-order valence-electron chi connectivity index (χ2n) is 6.54. The molecule has 152 valence electrons. The van der Waals surface area contributed by atoms with Gasteiger partial charge in [-0.25, -0.2) is 22.8 Å². The van der Waals surface area contributed by atoms with Gasteiger partial charge in [-0.15, -0.1) is 0 Å². The molecule has 1 amide bonds. The van der Waals surface area contributed by atoms with Gasteiger partial charge in [-0.2, -0.15) is 4.37 Å². The largest absolute Gasteiger partial charge is 0.328 e. The fourth-order valence-corrected chi connectivity index (χ4v) is 5.13. The molecule has 0 spiro atoms. The van der Waals surface area contributed by atoms with Crippen molar-refractivity contribution in [3.63, 3.8) is 0 Å². The van der Waals surface area contributed by atoms with E-state index in [9.17, 15) is 17.6 Å². The summed E-state index contributed by atoms with van der Waals surface area (Å²) in [6.45, 7) is 4.05. The van der Waals surface area contributed by atoms with E-state index in [0.717, 1.165) is 11.5 Å². The molecule has 4 rings (SSSR count). The maximum Gasteiger partial charge on any atom is 0.280 e. The molecule has 1 unspecified atom stereocenters. The first-order valence-electron chi connectivity index (χ1n) is 8.59. The van der Waals surface area contributed by atoms with Crippen LogP contribution in [0, 0.1) is 12.7 Å². The first kappa shape index (κ1) is 19.9. The Morgan fingerprint density at radius 1 is 1.24 bits per heavy atom. The van der Waals surface area contributed by atoms with Crippen molar-refractivity contribution >= 4 is 37.2 Å². The lowest BCUT2D eigenvalue weighted by atomic mass is 10.1. The lowest BCUT2D eigenvalue weighted by molar-refractivity contribution is 0.0640. The van der Waals surface area contributed by atoms with Crippen molar-refractivity contribution in [2.45, 2.75) is 31.5 Å². The average molecular weight is 456 g/mol. The average Bonchev–Trinajstić information content (AvgIpc) is 3.26. The SMILES string of the molecule is Cc1nsc(-c2nc(S(=O)(=O)Cl)c3n2CCN(C(=O)c2ccc(F)cc2)C3C)n1. The van der Waals surface area contributed by atoms with Crippen LogP contribution in [-0.4, -0.2) is 44.7 Å². The van der Waals surface area contributed by atoms with Gasteiger partial charge in [-0.3, -0.25) is 4.79 Å². The Hall–Kier alpha value is -2.37. The molecule has 0 radical (unpaired) electrons. The Labute approximate surface area is 174 Å². The fraction of sp³-hybridized carbons (Fsp3) is 0.294. The van der Waals surface area contributed by atoms with Crippen molar-refractivity contribution in [2.24, 2.45) is 0 Å². The zero-order valence-electron chi connectivity index (χ0n) is 15.3. The Bertz CT molecular complexity index is 1210. The summed E-state index contributed by atoms with van der Waals surface area (Å²) < 4.78 is 43.4. The molecule has 3 aromatic rings. The van der Waals surface area contributed by atoms with Crippen LogP contribution in [0.3, 0.4) is 0 Å². The van der Waals surface area contributed by atoms with E-state index in [-0.39, 0.29) is 10.9 Å². The second kappa shape index (κ2) is 7.15. The zero-order valence-corrected chi connectivity index (χ0v) is 17.7. The quantitative estimate of drug-likeness (QED) is 0.563. The predicted molar refractivity (Wildman–Crippen MR) is 105 cm³/mol. The minimum Gasteiger partial charge on any atom is -0.328 e. The van der Waals surface area contributed by atoms with Gasteiger partial charge >= 0.3 is 0 Å².